The lowest BCUT2D eigenvalue weighted by atomic mass is 9.92. The Morgan fingerprint density at radius 2 is 0.818 bits per heavy atom. The number of para-hydroxylation sites is 2. The van der Waals surface area contributed by atoms with Gasteiger partial charge in [-0.1, -0.05) is 164 Å². The van der Waals surface area contributed by atoms with Gasteiger partial charge in [-0.05, 0) is 79.8 Å². The van der Waals surface area contributed by atoms with E-state index in [0.29, 0.717) is 5.82 Å². The average Bonchev–Trinajstić information content (AvgIpc) is 3.60. The van der Waals surface area contributed by atoms with Crippen LogP contribution in [-0.4, -0.2) is 14.5 Å². The first-order chi connectivity index (χ1) is 27.3. The van der Waals surface area contributed by atoms with Gasteiger partial charge < -0.3 is 4.57 Å². The summed E-state index contributed by atoms with van der Waals surface area (Å²) >= 11 is 0. The number of hydrogen-bond acceptors (Lipinski definition) is 2. The van der Waals surface area contributed by atoms with Crippen molar-refractivity contribution in [3.05, 3.63) is 200 Å². The van der Waals surface area contributed by atoms with Crippen LogP contribution in [-0.2, 0) is 0 Å². The zero-order valence-corrected chi connectivity index (χ0v) is 29.9. The Kier molecular flexibility index (Phi) is 7.17. The Hall–Kier alpha value is -7.36. The Morgan fingerprint density at radius 3 is 1.53 bits per heavy atom. The summed E-state index contributed by atoms with van der Waals surface area (Å²) in [5, 5.41) is 9.66. The van der Waals surface area contributed by atoms with Gasteiger partial charge in [-0.25, -0.2) is 9.97 Å². The molecule has 0 amide bonds. The minimum absolute atomic E-state index is 0.706. The number of rotatable bonds is 5. The molecular weight excluding hydrogens is 667 g/mol. The van der Waals surface area contributed by atoms with Crippen molar-refractivity contribution in [2.45, 2.75) is 0 Å². The molecule has 2 heterocycles. The van der Waals surface area contributed by atoms with Crippen LogP contribution in [0.3, 0.4) is 0 Å². The van der Waals surface area contributed by atoms with Crippen molar-refractivity contribution in [3.8, 4) is 50.7 Å². The third-order valence-corrected chi connectivity index (χ3v) is 11.0. The second-order valence-corrected chi connectivity index (χ2v) is 14.1. The molecule has 11 rings (SSSR count). The fraction of sp³-hybridized carbons (Fsp3) is 0. The monoisotopic (exact) mass is 699 g/mol. The maximum atomic E-state index is 5.29. The first kappa shape index (κ1) is 31.2. The maximum Gasteiger partial charge on any atom is 0.160 e. The predicted molar refractivity (Wildman–Crippen MR) is 231 cm³/mol. The lowest BCUT2D eigenvalue weighted by molar-refractivity contribution is 1.18. The zero-order chi connectivity index (χ0) is 36.3. The number of nitrogens with zero attached hydrogens (tertiary/aromatic N) is 3. The van der Waals surface area contributed by atoms with E-state index in [1.54, 1.807) is 0 Å². The molecule has 3 heteroatoms. The highest BCUT2D eigenvalue weighted by Crippen LogP contribution is 2.40. The van der Waals surface area contributed by atoms with E-state index in [0.717, 1.165) is 44.7 Å². The molecule has 0 unspecified atom stereocenters. The van der Waals surface area contributed by atoms with E-state index in [-0.39, 0.29) is 0 Å². The molecule has 0 atom stereocenters. The molecule has 0 saturated carbocycles. The highest BCUT2D eigenvalue weighted by Gasteiger charge is 2.18. The van der Waals surface area contributed by atoms with Crippen molar-refractivity contribution < 1.29 is 0 Å². The highest BCUT2D eigenvalue weighted by atomic mass is 15.0. The lowest BCUT2D eigenvalue weighted by Crippen LogP contribution is -1.97. The van der Waals surface area contributed by atoms with Crippen LogP contribution in [0.4, 0.5) is 0 Å². The lowest BCUT2D eigenvalue weighted by Gasteiger charge is -2.16. The summed E-state index contributed by atoms with van der Waals surface area (Å²) in [5.41, 5.74) is 10.8. The number of aromatic nitrogens is 3. The quantitative estimate of drug-likeness (QED) is 0.167. The Balaban J connectivity index is 1.11. The molecule has 9 aromatic carbocycles. The largest absolute Gasteiger partial charge is 0.309 e. The minimum Gasteiger partial charge on any atom is -0.309 e. The molecule has 0 spiro atoms. The van der Waals surface area contributed by atoms with E-state index in [9.17, 15) is 0 Å². The molecule has 11 aromatic rings. The predicted octanol–water partition coefficient (Wildman–Crippen LogP) is 13.7. The summed E-state index contributed by atoms with van der Waals surface area (Å²) in [4.78, 5) is 10.6. The van der Waals surface area contributed by atoms with Crippen LogP contribution in [0.2, 0.25) is 0 Å². The summed E-state index contributed by atoms with van der Waals surface area (Å²) < 4.78 is 2.38. The van der Waals surface area contributed by atoms with Crippen LogP contribution >= 0.6 is 0 Å². The molecule has 0 aliphatic rings. The normalized spacial score (nSPS) is 11.6. The van der Waals surface area contributed by atoms with Gasteiger partial charge in [0, 0.05) is 33.2 Å². The summed E-state index contributed by atoms with van der Waals surface area (Å²) in [6.45, 7) is 0. The smallest absolute Gasteiger partial charge is 0.160 e. The topological polar surface area (TPSA) is 30.7 Å². The number of benzene rings is 9. The Bertz CT molecular complexity index is 3210. The van der Waals surface area contributed by atoms with Crippen molar-refractivity contribution in [1.29, 1.82) is 0 Å². The van der Waals surface area contributed by atoms with Gasteiger partial charge >= 0.3 is 0 Å². The van der Waals surface area contributed by atoms with E-state index in [2.05, 4.69) is 187 Å². The zero-order valence-electron chi connectivity index (χ0n) is 29.9. The standard InChI is InChI=1S/C52H33N3/c1-2-15-34(16-3-1)52-53-48(33-49(54-52)47-32-36-17-4-5-20-38(36)40-21-7-9-24-43(40)47)44-30-29-39(41-22-6-8-23-42(41)44)35-18-14-19-37(31-35)55-50-27-12-10-25-45(50)46-26-11-13-28-51(46)55/h1-33H. The van der Waals surface area contributed by atoms with Gasteiger partial charge in [-0.2, -0.15) is 0 Å². The molecule has 0 N–H and O–H groups in total. The fourth-order valence-electron chi connectivity index (χ4n) is 8.49. The van der Waals surface area contributed by atoms with E-state index in [1.165, 1.54) is 54.3 Å². The van der Waals surface area contributed by atoms with Crippen molar-refractivity contribution in [3.63, 3.8) is 0 Å². The van der Waals surface area contributed by atoms with Gasteiger partial charge in [-0.15, -0.1) is 0 Å². The van der Waals surface area contributed by atoms with Crippen molar-refractivity contribution in [1.82, 2.24) is 14.5 Å². The molecule has 256 valence electrons. The highest BCUT2D eigenvalue weighted by molar-refractivity contribution is 6.14. The number of fused-ring (bicyclic) bond motifs is 7. The first-order valence-electron chi connectivity index (χ1n) is 18.7. The Morgan fingerprint density at radius 1 is 0.309 bits per heavy atom. The van der Waals surface area contributed by atoms with Crippen LogP contribution in [0.15, 0.2) is 200 Å². The van der Waals surface area contributed by atoms with Gasteiger partial charge in [0.1, 0.15) is 0 Å². The molecule has 55 heavy (non-hydrogen) atoms. The second-order valence-electron chi connectivity index (χ2n) is 14.1. The van der Waals surface area contributed by atoms with Crippen LogP contribution in [0, 0.1) is 0 Å². The summed E-state index contributed by atoms with van der Waals surface area (Å²) in [5.74, 6) is 0.706. The van der Waals surface area contributed by atoms with Crippen molar-refractivity contribution >= 4 is 54.1 Å². The van der Waals surface area contributed by atoms with Gasteiger partial charge in [0.15, 0.2) is 5.82 Å². The molecule has 3 nitrogen and oxygen atoms in total. The molecule has 0 aliphatic carbocycles. The van der Waals surface area contributed by atoms with Gasteiger partial charge in [0.2, 0.25) is 0 Å². The fourth-order valence-corrected chi connectivity index (χ4v) is 8.49. The van der Waals surface area contributed by atoms with Crippen LogP contribution in [0.1, 0.15) is 0 Å². The van der Waals surface area contributed by atoms with E-state index < -0.39 is 0 Å². The minimum atomic E-state index is 0.706. The third kappa shape index (κ3) is 5.13. The molecule has 0 bridgehead atoms. The Labute approximate surface area is 318 Å². The molecule has 0 aliphatic heterocycles. The molecular formula is C52H33N3. The van der Waals surface area contributed by atoms with Crippen LogP contribution in [0.25, 0.3) is 105 Å². The van der Waals surface area contributed by atoms with Crippen LogP contribution in [0.5, 0.6) is 0 Å². The van der Waals surface area contributed by atoms with Crippen LogP contribution < -0.4 is 0 Å². The molecule has 2 aromatic heterocycles. The van der Waals surface area contributed by atoms with Crippen molar-refractivity contribution in [2.75, 3.05) is 0 Å². The SMILES string of the molecule is c1ccc(-c2nc(-c3ccc(-c4cccc(-n5c6ccccc6c6ccccc65)c4)c4ccccc34)cc(-c3cc4ccccc4c4ccccc34)n2)cc1. The second kappa shape index (κ2) is 12.6. The molecule has 0 saturated heterocycles. The van der Waals surface area contributed by atoms with E-state index in [1.807, 2.05) is 18.2 Å². The third-order valence-electron chi connectivity index (χ3n) is 11.0. The number of hydrogen-bond donors (Lipinski definition) is 0. The summed E-state index contributed by atoms with van der Waals surface area (Å²) in [6, 6.07) is 71.5. The summed E-state index contributed by atoms with van der Waals surface area (Å²) in [6.07, 6.45) is 0. The average molecular weight is 700 g/mol. The maximum absolute atomic E-state index is 5.29. The van der Waals surface area contributed by atoms with Gasteiger partial charge in [0.05, 0.1) is 22.4 Å². The summed E-state index contributed by atoms with van der Waals surface area (Å²) in [7, 11) is 0. The molecule has 0 fully saturated rings. The van der Waals surface area contributed by atoms with Crippen molar-refractivity contribution in [2.24, 2.45) is 0 Å². The first-order valence-corrected chi connectivity index (χ1v) is 18.7. The van der Waals surface area contributed by atoms with Gasteiger partial charge in [-0.3, -0.25) is 0 Å². The van der Waals surface area contributed by atoms with E-state index in [4.69, 9.17) is 9.97 Å². The molecule has 0 radical (unpaired) electrons. The van der Waals surface area contributed by atoms with E-state index >= 15 is 0 Å². The van der Waals surface area contributed by atoms with Gasteiger partial charge in [0.25, 0.3) is 0 Å².